The first-order chi connectivity index (χ1) is 8.02. The van der Waals surface area contributed by atoms with Gasteiger partial charge in [0.15, 0.2) is 0 Å². The summed E-state index contributed by atoms with van der Waals surface area (Å²) in [5.41, 5.74) is 0.940. The van der Waals surface area contributed by atoms with Crippen LogP contribution in [0, 0.1) is 0 Å². The number of rotatable bonds is 5. The molecule has 2 nitrogen and oxygen atoms in total. The number of esters is 1. The fourth-order valence-electron chi connectivity index (χ4n) is 1.44. The molecule has 0 spiro atoms. The van der Waals surface area contributed by atoms with Crippen molar-refractivity contribution in [1.29, 1.82) is 0 Å². The first kappa shape index (κ1) is 14.4. The van der Waals surface area contributed by atoms with Crippen LogP contribution in [0.2, 0.25) is 5.02 Å². The van der Waals surface area contributed by atoms with E-state index < -0.39 is 0 Å². The van der Waals surface area contributed by atoms with Gasteiger partial charge in [-0.05, 0) is 43.4 Å². The number of carbonyl (C=O) groups excluding carboxylic acids is 1. The van der Waals surface area contributed by atoms with E-state index in [4.69, 9.17) is 16.3 Å². The van der Waals surface area contributed by atoms with Crippen molar-refractivity contribution in [3.63, 3.8) is 0 Å². The zero-order valence-corrected chi connectivity index (χ0v) is 11.9. The fourth-order valence-corrected chi connectivity index (χ4v) is 2.43. The van der Waals surface area contributed by atoms with Gasteiger partial charge in [0, 0.05) is 9.92 Å². The number of thioether (sulfide) groups is 1. The predicted molar refractivity (Wildman–Crippen MR) is 72.8 cm³/mol. The Bertz CT molecular complexity index is 391. The second-order valence-corrected chi connectivity index (χ2v) is 5.64. The van der Waals surface area contributed by atoms with Crippen molar-refractivity contribution in [3.8, 4) is 0 Å². The highest BCUT2D eigenvalue weighted by atomic mass is 35.5. The number of hydrogen-bond donors (Lipinski definition) is 0. The summed E-state index contributed by atoms with van der Waals surface area (Å²) in [7, 11) is 0. The maximum Gasteiger partial charge on any atom is 0.310 e. The maximum atomic E-state index is 11.6. The van der Waals surface area contributed by atoms with Crippen molar-refractivity contribution in [3.05, 3.63) is 28.8 Å². The average Bonchev–Trinajstić information content (AvgIpc) is 2.21. The second kappa shape index (κ2) is 6.92. The molecule has 0 bridgehead atoms. The molecule has 1 rings (SSSR count). The van der Waals surface area contributed by atoms with Gasteiger partial charge in [0.25, 0.3) is 0 Å². The Morgan fingerprint density at radius 2 is 2.18 bits per heavy atom. The zero-order chi connectivity index (χ0) is 12.8. The number of ether oxygens (including phenoxy) is 1. The van der Waals surface area contributed by atoms with Gasteiger partial charge in [0.2, 0.25) is 0 Å². The predicted octanol–water partition coefficient (Wildman–Crippen LogP) is 3.95. The molecule has 0 fully saturated rings. The Hall–Kier alpha value is -0.670. The molecule has 0 N–H and O–H groups in total. The van der Waals surface area contributed by atoms with Crippen LogP contribution < -0.4 is 0 Å². The highest BCUT2D eigenvalue weighted by molar-refractivity contribution is 7.99. The van der Waals surface area contributed by atoms with Crippen LogP contribution in [-0.4, -0.2) is 17.8 Å². The minimum atomic E-state index is -0.208. The number of benzene rings is 1. The summed E-state index contributed by atoms with van der Waals surface area (Å²) in [4.78, 5) is 12.7. The van der Waals surface area contributed by atoms with Crippen molar-refractivity contribution in [2.24, 2.45) is 0 Å². The van der Waals surface area contributed by atoms with E-state index in [1.54, 1.807) is 11.8 Å². The standard InChI is InChI=1S/C13H17ClO2S/c1-4-17-12-6-5-11(14)7-10(12)8-13(15)16-9(2)3/h5-7,9H,4,8H2,1-3H3. The van der Waals surface area contributed by atoms with Crippen LogP contribution >= 0.6 is 23.4 Å². The molecule has 0 radical (unpaired) electrons. The van der Waals surface area contributed by atoms with Crippen molar-refractivity contribution in [2.45, 2.75) is 38.2 Å². The normalized spacial score (nSPS) is 10.6. The van der Waals surface area contributed by atoms with Crippen LogP contribution in [0.5, 0.6) is 0 Å². The van der Waals surface area contributed by atoms with Gasteiger partial charge in [-0.15, -0.1) is 11.8 Å². The summed E-state index contributed by atoms with van der Waals surface area (Å²) < 4.78 is 5.14. The van der Waals surface area contributed by atoms with E-state index in [2.05, 4.69) is 6.92 Å². The van der Waals surface area contributed by atoms with Crippen LogP contribution in [-0.2, 0) is 16.0 Å². The first-order valence-electron chi connectivity index (χ1n) is 5.63. The lowest BCUT2D eigenvalue weighted by Crippen LogP contribution is -2.14. The quantitative estimate of drug-likeness (QED) is 0.600. The van der Waals surface area contributed by atoms with Gasteiger partial charge in [-0.25, -0.2) is 0 Å². The third-order valence-corrected chi connectivity index (χ3v) is 3.26. The van der Waals surface area contributed by atoms with E-state index in [9.17, 15) is 4.79 Å². The molecule has 4 heteroatoms. The van der Waals surface area contributed by atoms with E-state index in [1.165, 1.54) is 0 Å². The van der Waals surface area contributed by atoms with E-state index >= 15 is 0 Å². The lowest BCUT2D eigenvalue weighted by molar-refractivity contribution is -0.146. The van der Waals surface area contributed by atoms with Gasteiger partial charge in [-0.3, -0.25) is 4.79 Å². The van der Waals surface area contributed by atoms with Crippen LogP contribution in [0.25, 0.3) is 0 Å². The largest absolute Gasteiger partial charge is 0.463 e. The Morgan fingerprint density at radius 3 is 2.76 bits per heavy atom. The molecule has 0 heterocycles. The SMILES string of the molecule is CCSc1ccc(Cl)cc1CC(=O)OC(C)C. The summed E-state index contributed by atoms with van der Waals surface area (Å²) in [5, 5.41) is 0.651. The highest BCUT2D eigenvalue weighted by Gasteiger charge is 2.11. The van der Waals surface area contributed by atoms with E-state index in [0.717, 1.165) is 16.2 Å². The summed E-state index contributed by atoms with van der Waals surface area (Å²) >= 11 is 7.65. The minimum Gasteiger partial charge on any atom is -0.463 e. The third-order valence-electron chi connectivity index (χ3n) is 2.02. The zero-order valence-electron chi connectivity index (χ0n) is 10.3. The third kappa shape index (κ3) is 5.00. The van der Waals surface area contributed by atoms with Crippen molar-refractivity contribution in [1.82, 2.24) is 0 Å². The fraction of sp³-hybridized carbons (Fsp3) is 0.462. The van der Waals surface area contributed by atoms with Crippen LogP contribution in [0.3, 0.4) is 0 Å². The monoisotopic (exact) mass is 272 g/mol. The molecule has 0 aliphatic heterocycles. The Labute approximate surface area is 112 Å². The van der Waals surface area contributed by atoms with Crippen LogP contribution in [0.1, 0.15) is 26.3 Å². The lowest BCUT2D eigenvalue weighted by atomic mass is 10.1. The summed E-state index contributed by atoms with van der Waals surface area (Å²) in [6.45, 7) is 5.77. The molecule has 0 aromatic heterocycles. The first-order valence-corrected chi connectivity index (χ1v) is 7.00. The molecular weight excluding hydrogens is 256 g/mol. The van der Waals surface area contributed by atoms with Crippen molar-refractivity contribution >= 4 is 29.3 Å². The van der Waals surface area contributed by atoms with Gasteiger partial charge in [-0.1, -0.05) is 18.5 Å². The van der Waals surface area contributed by atoms with Gasteiger partial charge in [0.1, 0.15) is 0 Å². The Morgan fingerprint density at radius 1 is 1.47 bits per heavy atom. The van der Waals surface area contributed by atoms with E-state index in [-0.39, 0.29) is 18.5 Å². The average molecular weight is 273 g/mol. The molecule has 94 valence electrons. The minimum absolute atomic E-state index is 0.0797. The Kier molecular flexibility index (Phi) is 5.86. The highest BCUT2D eigenvalue weighted by Crippen LogP contribution is 2.26. The molecule has 1 aromatic carbocycles. The number of hydrogen-bond acceptors (Lipinski definition) is 3. The van der Waals surface area contributed by atoms with Crippen molar-refractivity contribution in [2.75, 3.05) is 5.75 Å². The van der Waals surface area contributed by atoms with E-state index in [1.807, 2.05) is 32.0 Å². The number of halogens is 1. The topological polar surface area (TPSA) is 26.3 Å². The molecule has 0 atom stereocenters. The molecule has 17 heavy (non-hydrogen) atoms. The van der Waals surface area contributed by atoms with Gasteiger partial charge in [0.05, 0.1) is 12.5 Å². The molecule has 0 unspecified atom stereocenters. The van der Waals surface area contributed by atoms with Crippen LogP contribution in [0.4, 0.5) is 0 Å². The summed E-state index contributed by atoms with van der Waals surface area (Å²) in [6, 6.07) is 5.63. The molecule has 0 saturated heterocycles. The maximum absolute atomic E-state index is 11.6. The summed E-state index contributed by atoms with van der Waals surface area (Å²) in [6.07, 6.45) is 0.199. The van der Waals surface area contributed by atoms with Gasteiger partial charge < -0.3 is 4.74 Å². The lowest BCUT2D eigenvalue weighted by Gasteiger charge is -2.11. The van der Waals surface area contributed by atoms with Gasteiger partial charge in [-0.2, -0.15) is 0 Å². The number of carbonyl (C=O) groups is 1. The molecule has 0 aliphatic rings. The smallest absolute Gasteiger partial charge is 0.310 e. The summed E-state index contributed by atoms with van der Waals surface area (Å²) in [5.74, 6) is 0.758. The van der Waals surface area contributed by atoms with Crippen LogP contribution in [0.15, 0.2) is 23.1 Å². The van der Waals surface area contributed by atoms with Gasteiger partial charge >= 0.3 is 5.97 Å². The van der Waals surface area contributed by atoms with Crippen molar-refractivity contribution < 1.29 is 9.53 Å². The molecule has 1 aromatic rings. The molecule has 0 saturated carbocycles. The van der Waals surface area contributed by atoms with E-state index in [0.29, 0.717) is 5.02 Å². The molecule has 0 amide bonds. The molecular formula is C13H17ClO2S. The Balaban J connectivity index is 2.80. The second-order valence-electron chi connectivity index (χ2n) is 3.90. The molecule has 0 aliphatic carbocycles.